The monoisotopic (exact) mass is 510 g/mol. The summed E-state index contributed by atoms with van der Waals surface area (Å²) in [5, 5.41) is 2.57. The van der Waals surface area contributed by atoms with Gasteiger partial charge in [0.05, 0.1) is 17.1 Å². The summed E-state index contributed by atoms with van der Waals surface area (Å²) in [4.78, 5) is 28.1. The van der Waals surface area contributed by atoms with Gasteiger partial charge in [0.1, 0.15) is 5.75 Å². The molecule has 0 atom stereocenters. The molecule has 0 spiro atoms. The number of nitrogens with one attached hydrogen (secondary N) is 2. The minimum absolute atomic E-state index is 0.0203. The first kappa shape index (κ1) is 26.7. The van der Waals surface area contributed by atoms with E-state index in [2.05, 4.69) is 10.0 Å². The maximum Gasteiger partial charge on any atom is 0.262 e. The largest absolute Gasteiger partial charge is 0.455 e. The molecule has 0 unspecified atom stereocenters. The summed E-state index contributed by atoms with van der Waals surface area (Å²) < 4.78 is 34.3. The van der Waals surface area contributed by atoms with E-state index >= 15 is 0 Å². The number of likely N-dealkylation sites (N-methyl/N-ethyl adjacent to an activating group) is 2. The second-order valence-electron chi connectivity index (χ2n) is 8.34. The molecule has 0 radical (unpaired) electrons. The molecule has 3 aromatic carbocycles. The fourth-order valence-corrected chi connectivity index (χ4v) is 4.18. The summed E-state index contributed by atoms with van der Waals surface area (Å²) in [6.45, 7) is 1.10. The van der Waals surface area contributed by atoms with Gasteiger partial charge in [-0.15, -0.1) is 0 Å². The average Bonchev–Trinajstić information content (AvgIpc) is 2.87. The van der Waals surface area contributed by atoms with Crippen molar-refractivity contribution in [3.05, 3.63) is 84.4 Å². The first-order chi connectivity index (χ1) is 17.2. The van der Waals surface area contributed by atoms with Crippen LogP contribution in [0.1, 0.15) is 10.4 Å². The maximum absolute atomic E-state index is 13.0. The lowest BCUT2D eigenvalue weighted by Gasteiger charge is -2.19. The van der Waals surface area contributed by atoms with Gasteiger partial charge in [0, 0.05) is 25.7 Å². The zero-order chi connectivity index (χ0) is 26.1. The maximum atomic E-state index is 13.0. The highest BCUT2D eigenvalue weighted by atomic mass is 32.2. The zero-order valence-electron chi connectivity index (χ0n) is 20.5. The Morgan fingerprint density at radius 3 is 2.14 bits per heavy atom. The van der Waals surface area contributed by atoms with Gasteiger partial charge >= 0.3 is 0 Å². The molecule has 0 fully saturated rings. The standard InChI is InChI=1S/C26H30N4O5S/c1-29(2)17-18-30(3)25(31)19-27-26(32)20-13-15-22(16-14-20)36(33,34)28-23-11-7-8-12-24(23)35-21-9-5-4-6-10-21/h4-16,28H,17-19H2,1-3H3,(H,27,32). The molecule has 9 nitrogen and oxygen atoms in total. The van der Waals surface area contributed by atoms with E-state index in [0.717, 1.165) is 0 Å². The Morgan fingerprint density at radius 1 is 0.833 bits per heavy atom. The molecule has 0 heterocycles. The lowest BCUT2D eigenvalue weighted by atomic mass is 10.2. The zero-order valence-corrected chi connectivity index (χ0v) is 21.3. The summed E-state index contributed by atoms with van der Waals surface area (Å²) in [7, 11) is 1.55. The van der Waals surface area contributed by atoms with Gasteiger partial charge in [-0.05, 0) is 62.6 Å². The predicted molar refractivity (Wildman–Crippen MR) is 139 cm³/mol. The Bertz CT molecular complexity index is 1280. The molecule has 0 saturated heterocycles. The van der Waals surface area contributed by atoms with Crippen molar-refractivity contribution in [2.45, 2.75) is 4.90 Å². The molecule has 0 saturated carbocycles. The van der Waals surface area contributed by atoms with Crippen molar-refractivity contribution >= 4 is 27.5 Å². The summed E-state index contributed by atoms with van der Waals surface area (Å²) in [5.41, 5.74) is 0.519. The van der Waals surface area contributed by atoms with Crippen LogP contribution in [0.5, 0.6) is 11.5 Å². The first-order valence-corrected chi connectivity index (χ1v) is 12.8. The Labute approximate surface area is 211 Å². The Kier molecular flexibility index (Phi) is 9.04. The number of hydrogen-bond donors (Lipinski definition) is 2. The first-order valence-electron chi connectivity index (χ1n) is 11.3. The Hall–Kier alpha value is -3.89. The molecule has 0 aromatic heterocycles. The highest BCUT2D eigenvalue weighted by molar-refractivity contribution is 7.92. The van der Waals surface area contributed by atoms with Crippen LogP contribution in [0.4, 0.5) is 5.69 Å². The number of carbonyl (C=O) groups excluding carboxylic acids is 2. The van der Waals surface area contributed by atoms with Crippen molar-refractivity contribution in [3.8, 4) is 11.5 Å². The second kappa shape index (κ2) is 12.2. The van der Waals surface area contributed by atoms with E-state index in [9.17, 15) is 18.0 Å². The highest BCUT2D eigenvalue weighted by Gasteiger charge is 2.18. The minimum atomic E-state index is -3.95. The van der Waals surface area contributed by atoms with Crippen LogP contribution in [0.25, 0.3) is 0 Å². The number of sulfonamides is 1. The third-order valence-corrected chi connectivity index (χ3v) is 6.62. The van der Waals surface area contributed by atoms with Gasteiger partial charge in [-0.2, -0.15) is 0 Å². The average molecular weight is 511 g/mol. The molecule has 3 aromatic rings. The van der Waals surface area contributed by atoms with Crippen molar-refractivity contribution < 1.29 is 22.7 Å². The normalized spacial score (nSPS) is 11.1. The van der Waals surface area contributed by atoms with E-state index < -0.39 is 15.9 Å². The summed E-state index contributed by atoms with van der Waals surface area (Å²) in [6, 6.07) is 21.2. The third-order valence-electron chi connectivity index (χ3n) is 5.24. The van der Waals surface area contributed by atoms with Crippen LogP contribution < -0.4 is 14.8 Å². The van der Waals surface area contributed by atoms with Crippen molar-refractivity contribution in [2.75, 3.05) is 45.5 Å². The number of rotatable bonds is 11. The minimum Gasteiger partial charge on any atom is -0.455 e. The van der Waals surface area contributed by atoms with E-state index in [-0.39, 0.29) is 28.6 Å². The Balaban J connectivity index is 1.63. The highest BCUT2D eigenvalue weighted by Crippen LogP contribution is 2.30. The molecular weight excluding hydrogens is 480 g/mol. The van der Waals surface area contributed by atoms with Crippen LogP contribution in [0.3, 0.4) is 0 Å². The molecule has 2 N–H and O–H groups in total. The van der Waals surface area contributed by atoms with Gasteiger partial charge in [-0.25, -0.2) is 8.42 Å². The summed E-state index contributed by atoms with van der Waals surface area (Å²) in [6.07, 6.45) is 0. The molecule has 10 heteroatoms. The fourth-order valence-electron chi connectivity index (χ4n) is 3.11. The quantitative estimate of drug-likeness (QED) is 0.411. The van der Waals surface area contributed by atoms with Crippen LogP contribution in [-0.2, 0) is 14.8 Å². The number of nitrogens with zero attached hydrogens (tertiary/aromatic N) is 2. The lowest BCUT2D eigenvalue weighted by molar-refractivity contribution is -0.128. The SMILES string of the molecule is CN(C)CCN(C)C(=O)CNC(=O)c1ccc(S(=O)(=O)Nc2ccccc2Oc2ccccc2)cc1. The van der Waals surface area contributed by atoms with Crippen molar-refractivity contribution in [1.29, 1.82) is 0 Å². The Morgan fingerprint density at radius 2 is 1.47 bits per heavy atom. The molecular formula is C26H30N4O5S. The molecule has 0 bridgehead atoms. The number of benzene rings is 3. The van der Waals surface area contributed by atoms with Crippen molar-refractivity contribution in [3.63, 3.8) is 0 Å². The number of anilines is 1. The van der Waals surface area contributed by atoms with E-state index in [0.29, 0.717) is 24.6 Å². The fraction of sp³-hybridized carbons (Fsp3) is 0.231. The van der Waals surface area contributed by atoms with Crippen LogP contribution >= 0.6 is 0 Å². The molecule has 3 rings (SSSR count). The van der Waals surface area contributed by atoms with Gasteiger partial charge in [0.25, 0.3) is 15.9 Å². The summed E-state index contributed by atoms with van der Waals surface area (Å²) >= 11 is 0. The number of carbonyl (C=O) groups is 2. The van der Waals surface area contributed by atoms with Gasteiger partial charge in [0.2, 0.25) is 5.91 Å². The van der Waals surface area contributed by atoms with Gasteiger partial charge in [-0.1, -0.05) is 30.3 Å². The van der Waals surface area contributed by atoms with Gasteiger partial charge in [0.15, 0.2) is 5.75 Å². The molecule has 2 amide bonds. The lowest BCUT2D eigenvalue weighted by Crippen LogP contribution is -2.40. The van der Waals surface area contributed by atoms with E-state index in [4.69, 9.17) is 4.74 Å². The van der Waals surface area contributed by atoms with Gasteiger partial charge in [-0.3, -0.25) is 14.3 Å². The second-order valence-corrected chi connectivity index (χ2v) is 10.0. The number of ether oxygens (including phenoxy) is 1. The van der Waals surface area contributed by atoms with E-state index in [1.807, 2.05) is 37.2 Å². The van der Waals surface area contributed by atoms with Crippen molar-refractivity contribution in [2.24, 2.45) is 0 Å². The topological polar surface area (TPSA) is 108 Å². The third kappa shape index (κ3) is 7.56. The molecule has 36 heavy (non-hydrogen) atoms. The van der Waals surface area contributed by atoms with Gasteiger partial charge < -0.3 is 19.9 Å². The molecule has 0 aliphatic rings. The smallest absolute Gasteiger partial charge is 0.262 e. The van der Waals surface area contributed by atoms with E-state index in [1.54, 1.807) is 48.3 Å². The number of para-hydroxylation sites is 3. The molecule has 0 aliphatic carbocycles. The molecule has 0 aliphatic heterocycles. The number of hydrogen-bond acceptors (Lipinski definition) is 6. The van der Waals surface area contributed by atoms with E-state index in [1.165, 1.54) is 24.3 Å². The van der Waals surface area contributed by atoms with Crippen LogP contribution in [-0.4, -0.2) is 70.8 Å². The predicted octanol–water partition coefficient (Wildman–Crippen LogP) is 3.03. The van der Waals surface area contributed by atoms with Crippen molar-refractivity contribution in [1.82, 2.24) is 15.1 Å². The molecule has 190 valence electrons. The van der Waals surface area contributed by atoms with Crippen LogP contribution in [0.2, 0.25) is 0 Å². The van der Waals surface area contributed by atoms with Crippen LogP contribution in [0.15, 0.2) is 83.8 Å². The number of amides is 2. The van der Waals surface area contributed by atoms with Crippen LogP contribution in [0, 0.1) is 0 Å². The summed E-state index contributed by atoms with van der Waals surface area (Å²) in [5.74, 6) is 0.234.